The number of hydrogen-bond donors (Lipinski definition) is 3. The Balaban J connectivity index is 1.78. The number of nitrogens with one attached hydrogen (secondary N) is 1. The molecule has 3 aromatic rings. The summed E-state index contributed by atoms with van der Waals surface area (Å²) in [6, 6.07) is 12.7. The third-order valence-corrected chi connectivity index (χ3v) is 5.22. The summed E-state index contributed by atoms with van der Waals surface area (Å²) in [5.41, 5.74) is 16.9. The van der Waals surface area contributed by atoms with Gasteiger partial charge in [-0.2, -0.15) is 4.98 Å². The molecule has 1 aliphatic rings. The van der Waals surface area contributed by atoms with Gasteiger partial charge >= 0.3 is 0 Å². The van der Waals surface area contributed by atoms with E-state index in [2.05, 4.69) is 40.4 Å². The fourth-order valence-electron chi connectivity index (χ4n) is 3.87. The van der Waals surface area contributed by atoms with E-state index in [0.717, 1.165) is 33.5 Å². The second-order valence-electron chi connectivity index (χ2n) is 7.22. The van der Waals surface area contributed by atoms with E-state index >= 15 is 0 Å². The quantitative estimate of drug-likeness (QED) is 0.606. The highest BCUT2D eigenvalue weighted by molar-refractivity contribution is 5.93. The largest absolute Gasteiger partial charge is 0.399 e. The molecule has 0 spiro atoms. The topological polar surface area (TPSA) is 89.8 Å². The van der Waals surface area contributed by atoms with E-state index in [-0.39, 0.29) is 0 Å². The molecule has 4 rings (SSSR count). The van der Waals surface area contributed by atoms with E-state index in [9.17, 15) is 0 Å². The summed E-state index contributed by atoms with van der Waals surface area (Å²) in [4.78, 5) is 8.91. The van der Waals surface area contributed by atoms with E-state index in [0.29, 0.717) is 12.0 Å². The summed E-state index contributed by atoms with van der Waals surface area (Å²) in [5, 5.41) is 4.63. The van der Waals surface area contributed by atoms with Crippen molar-refractivity contribution in [3.8, 4) is 11.1 Å². The average Bonchev–Trinajstić information content (AvgIpc) is 2.62. The summed E-state index contributed by atoms with van der Waals surface area (Å²) >= 11 is 0. The van der Waals surface area contributed by atoms with Gasteiger partial charge in [0.2, 0.25) is 5.95 Å². The molecule has 1 aromatic heterocycles. The lowest BCUT2D eigenvalue weighted by Crippen LogP contribution is -2.23. The van der Waals surface area contributed by atoms with Gasteiger partial charge in [-0.3, -0.25) is 0 Å². The number of anilines is 3. The molecule has 0 aliphatic heterocycles. The zero-order chi connectivity index (χ0) is 18.1. The molecule has 0 amide bonds. The Labute approximate surface area is 153 Å². The first-order valence-corrected chi connectivity index (χ1v) is 9.30. The molecule has 1 aliphatic carbocycles. The molecular formula is C21H25N5. The minimum Gasteiger partial charge on any atom is -0.399 e. The first kappa shape index (κ1) is 16.6. The van der Waals surface area contributed by atoms with Gasteiger partial charge in [0.05, 0.1) is 5.52 Å². The maximum Gasteiger partial charge on any atom is 0.222 e. The van der Waals surface area contributed by atoms with Crippen molar-refractivity contribution in [3.05, 3.63) is 42.0 Å². The molecule has 1 fully saturated rings. The smallest absolute Gasteiger partial charge is 0.222 e. The van der Waals surface area contributed by atoms with Crippen LogP contribution >= 0.6 is 0 Å². The van der Waals surface area contributed by atoms with Gasteiger partial charge in [0, 0.05) is 17.1 Å². The Morgan fingerprint density at radius 3 is 2.54 bits per heavy atom. The van der Waals surface area contributed by atoms with Gasteiger partial charge in [-0.15, -0.1) is 0 Å². The highest BCUT2D eigenvalue weighted by Gasteiger charge is 2.16. The Morgan fingerprint density at radius 2 is 1.77 bits per heavy atom. The number of nitrogens with two attached hydrogens (primary N) is 2. The molecule has 5 N–H and O–H groups in total. The Morgan fingerprint density at radius 1 is 0.962 bits per heavy atom. The first-order valence-electron chi connectivity index (χ1n) is 9.30. The summed E-state index contributed by atoms with van der Waals surface area (Å²) in [5.74, 6) is 1.15. The molecule has 26 heavy (non-hydrogen) atoms. The van der Waals surface area contributed by atoms with Crippen LogP contribution in [0.2, 0.25) is 0 Å². The predicted molar refractivity (Wildman–Crippen MR) is 109 cm³/mol. The van der Waals surface area contributed by atoms with Crippen molar-refractivity contribution in [1.82, 2.24) is 9.97 Å². The van der Waals surface area contributed by atoms with Gasteiger partial charge < -0.3 is 16.8 Å². The normalized spacial score (nSPS) is 15.3. The SMILES string of the molecule is Cc1cc(N)ccc1-c1ccc2nc(N)nc(NC3CCCCC3)c2c1. The monoisotopic (exact) mass is 347 g/mol. The van der Waals surface area contributed by atoms with Gasteiger partial charge in [-0.05, 0) is 60.7 Å². The molecular weight excluding hydrogens is 322 g/mol. The second kappa shape index (κ2) is 6.83. The molecule has 0 radical (unpaired) electrons. The lowest BCUT2D eigenvalue weighted by atomic mass is 9.95. The maximum absolute atomic E-state index is 5.94. The van der Waals surface area contributed by atoms with E-state index in [1.165, 1.54) is 37.7 Å². The average molecular weight is 347 g/mol. The minimum absolute atomic E-state index is 0.312. The number of benzene rings is 2. The number of aromatic nitrogens is 2. The molecule has 2 aromatic carbocycles. The molecule has 0 unspecified atom stereocenters. The highest BCUT2D eigenvalue weighted by Crippen LogP contribution is 2.31. The lowest BCUT2D eigenvalue weighted by molar-refractivity contribution is 0.462. The Hall–Kier alpha value is -2.82. The van der Waals surface area contributed by atoms with Crippen molar-refractivity contribution in [2.45, 2.75) is 45.1 Å². The van der Waals surface area contributed by atoms with E-state index in [1.54, 1.807) is 0 Å². The number of hydrogen-bond acceptors (Lipinski definition) is 5. The summed E-state index contributed by atoms with van der Waals surface area (Å²) in [6.07, 6.45) is 6.23. The third-order valence-electron chi connectivity index (χ3n) is 5.22. The molecule has 1 heterocycles. The molecule has 134 valence electrons. The van der Waals surface area contributed by atoms with Crippen molar-refractivity contribution >= 4 is 28.4 Å². The van der Waals surface area contributed by atoms with Gasteiger partial charge in [0.1, 0.15) is 5.82 Å². The number of aryl methyl sites for hydroxylation is 1. The van der Waals surface area contributed by atoms with Crippen molar-refractivity contribution < 1.29 is 0 Å². The van der Waals surface area contributed by atoms with Crippen LogP contribution in [0, 0.1) is 6.92 Å². The summed E-state index contributed by atoms with van der Waals surface area (Å²) in [7, 11) is 0. The van der Waals surface area contributed by atoms with Crippen LogP contribution in [0.15, 0.2) is 36.4 Å². The maximum atomic E-state index is 5.94. The van der Waals surface area contributed by atoms with Crippen LogP contribution in [0.25, 0.3) is 22.0 Å². The molecule has 0 bridgehead atoms. The number of nitrogens with zero attached hydrogens (tertiary/aromatic N) is 2. The molecule has 0 atom stereocenters. The fourth-order valence-corrected chi connectivity index (χ4v) is 3.87. The third kappa shape index (κ3) is 3.29. The number of rotatable bonds is 3. The van der Waals surface area contributed by atoms with Crippen LogP contribution in [0.5, 0.6) is 0 Å². The fraction of sp³-hybridized carbons (Fsp3) is 0.333. The molecule has 1 saturated carbocycles. The van der Waals surface area contributed by atoms with Crippen LogP contribution in [0.4, 0.5) is 17.5 Å². The molecule has 5 nitrogen and oxygen atoms in total. The zero-order valence-electron chi connectivity index (χ0n) is 15.1. The number of nitrogen functional groups attached to an aromatic ring is 2. The first-order chi connectivity index (χ1) is 12.6. The van der Waals surface area contributed by atoms with Crippen LogP contribution in [0.1, 0.15) is 37.7 Å². The van der Waals surface area contributed by atoms with Crippen molar-refractivity contribution in [2.24, 2.45) is 0 Å². The van der Waals surface area contributed by atoms with E-state index < -0.39 is 0 Å². The summed E-state index contributed by atoms with van der Waals surface area (Å²) in [6.45, 7) is 2.08. The summed E-state index contributed by atoms with van der Waals surface area (Å²) < 4.78 is 0. The minimum atomic E-state index is 0.312. The predicted octanol–water partition coefficient (Wildman–Crippen LogP) is 4.51. The Bertz CT molecular complexity index is 945. The zero-order valence-corrected chi connectivity index (χ0v) is 15.1. The van der Waals surface area contributed by atoms with Crippen molar-refractivity contribution in [3.63, 3.8) is 0 Å². The Kier molecular flexibility index (Phi) is 4.37. The van der Waals surface area contributed by atoms with Crippen LogP contribution in [0.3, 0.4) is 0 Å². The molecule has 0 saturated heterocycles. The second-order valence-corrected chi connectivity index (χ2v) is 7.22. The standard InChI is InChI=1S/C21H25N5/c1-13-11-15(22)8-9-17(13)14-7-10-19-18(12-14)20(26-21(23)25-19)24-16-5-3-2-4-6-16/h7-12,16H,2-6,22H2,1H3,(H3,23,24,25,26). The van der Waals surface area contributed by atoms with Gasteiger partial charge in [0.15, 0.2) is 0 Å². The van der Waals surface area contributed by atoms with Crippen molar-refractivity contribution in [2.75, 3.05) is 16.8 Å². The van der Waals surface area contributed by atoms with Crippen LogP contribution in [-0.2, 0) is 0 Å². The van der Waals surface area contributed by atoms with Gasteiger partial charge in [0.25, 0.3) is 0 Å². The van der Waals surface area contributed by atoms with Gasteiger partial charge in [-0.1, -0.05) is 31.4 Å². The van der Waals surface area contributed by atoms with Gasteiger partial charge in [-0.25, -0.2) is 4.98 Å². The van der Waals surface area contributed by atoms with Crippen molar-refractivity contribution in [1.29, 1.82) is 0 Å². The number of fused-ring (bicyclic) bond motifs is 1. The van der Waals surface area contributed by atoms with E-state index in [1.807, 2.05) is 18.2 Å². The van der Waals surface area contributed by atoms with Crippen LogP contribution in [-0.4, -0.2) is 16.0 Å². The highest BCUT2D eigenvalue weighted by atomic mass is 15.1. The van der Waals surface area contributed by atoms with Crippen LogP contribution < -0.4 is 16.8 Å². The lowest BCUT2D eigenvalue weighted by Gasteiger charge is -2.24. The van der Waals surface area contributed by atoms with E-state index in [4.69, 9.17) is 11.5 Å². The molecule has 5 heteroatoms.